The summed E-state index contributed by atoms with van der Waals surface area (Å²) in [6.07, 6.45) is 3.05. The van der Waals surface area contributed by atoms with Gasteiger partial charge in [-0.05, 0) is 36.6 Å². The van der Waals surface area contributed by atoms with E-state index in [-0.39, 0.29) is 11.7 Å². The molecule has 0 bridgehead atoms. The Balaban J connectivity index is 1.65. The van der Waals surface area contributed by atoms with E-state index in [1.165, 1.54) is 0 Å². The van der Waals surface area contributed by atoms with Crippen LogP contribution < -0.4 is 4.74 Å². The highest BCUT2D eigenvalue weighted by atomic mass is 32.2. The number of amides is 1. The molecule has 0 aliphatic carbocycles. The summed E-state index contributed by atoms with van der Waals surface area (Å²) in [4.78, 5) is 14.6. The zero-order valence-electron chi connectivity index (χ0n) is 14.7. The minimum Gasteiger partial charge on any atom is -0.493 e. The lowest BCUT2D eigenvalue weighted by molar-refractivity contribution is 0.0764. The van der Waals surface area contributed by atoms with Gasteiger partial charge in [0, 0.05) is 38.2 Å². The number of benzene rings is 1. The van der Waals surface area contributed by atoms with Crippen LogP contribution in [0.15, 0.2) is 18.2 Å². The van der Waals surface area contributed by atoms with Crippen LogP contribution in [0.1, 0.15) is 42.1 Å². The first-order valence-corrected chi connectivity index (χ1v) is 10.6. The number of carbonyl (C=O) groups is 1. The summed E-state index contributed by atoms with van der Waals surface area (Å²) in [6.45, 7) is 4.56. The van der Waals surface area contributed by atoms with Gasteiger partial charge in [-0.2, -0.15) is 0 Å². The second-order valence-electron chi connectivity index (χ2n) is 6.64. The number of carbonyl (C=O) groups excluding carboxylic acids is 1. The zero-order chi connectivity index (χ0) is 17.9. The van der Waals surface area contributed by atoms with Gasteiger partial charge in [0.1, 0.15) is 5.75 Å². The number of fused-ring (bicyclic) bond motifs is 1. The molecule has 6 nitrogen and oxygen atoms in total. The molecule has 138 valence electrons. The van der Waals surface area contributed by atoms with Crippen molar-refractivity contribution in [3.63, 3.8) is 0 Å². The van der Waals surface area contributed by atoms with Crippen LogP contribution in [0, 0.1) is 0 Å². The second-order valence-corrected chi connectivity index (χ2v) is 8.72. The average molecular weight is 366 g/mol. The molecule has 0 unspecified atom stereocenters. The summed E-state index contributed by atoms with van der Waals surface area (Å²) in [5, 5.41) is 0. The standard InChI is InChI=1S/C18H26N2O4S/c1-2-3-13-25(22,23)20-9-4-8-19(10-11-20)18(21)16-5-6-17-15(14-16)7-12-24-17/h5-6,14H,2-4,7-13H2,1H3. The minimum atomic E-state index is -3.21. The number of ether oxygens (including phenoxy) is 1. The maximum absolute atomic E-state index is 12.8. The van der Waals surface area contributed by atoms with Gasteiger partial charge in [0.25, 0.3) is 5.91 Å². The Bertz CT molecular complexity index is 733. The number of rotatable bonds is 5. The van der Waals surface area contributed by atoms with E-state index in [0.717, 1.165) is 24.2 Å². The molecule has 25 heavy (non-hydrogen) atoms. The molecule has 0 radical (unpaired) electrons. The van der Waals surface area contributed by atoms with Gasteiger partial charge in [0.2, 0.25) is 10.0 Å². The summed E-state index contributed by atoms with van der Waals surface area (Å²) in [5.41, 5.74) is 1.73. The molecule has 1 saturated heterocycles. The first-order chi connectivity index (χ1) is 12.0. The van der Waals surface area contributed by atoms with Crippen LogP contribution in [-0.4, -0.2) is 62.1 Å². The molecule has 3 rings (SSSR count). The molecular weight excluding hydrogens is 340 g/mol. The van der Waals surface area contributed by atoms with Gasteiger partial charge in [-0.1, -0.05) is 13.3 Å². The maximum atomic E-state index is 12.8. The van der Waals surface area contributed by atoms with Gasteiger partial charge < -0.3 is 9.64 Å². The van der Waals surface area contributed by atoms with Crippen molar-refractivity contribution in [2.24, 2.45) is 0 Å². The van der Waals surface area contributed by atoms with Gasteiger partial charge in [0.05, 0.1) is 12.4 Å². The summed E-state index contributed by atoms with van der Waals surface area (Å²) < 4.78 is 31.8. The Morgan fingerprint density at radius 1 is 1.20 bits per heavy atom. The number of nitrogens with zero attached hydrogens (tertiary/aromatic N) is 2. The van der Waals surface area contributed by atoms with E-state index in [9.17, 15) is 13.2 Å². The van der Waals surface area contributed by atoms with E-state index >= 15 is 0 Å². The molecule has 2 heterocycles. The average Bonchev–Trinajstić information content (AvgIpc) is 2.93. The lowest BCUT2D eigenvalue weighted by atomic mass is 10.1. The third-order valence-electron chi connectivity index (χ3n) is 4.83. The van der Waals surface area contributed by atoms with E-state index in [1.807, 2.05) is 19.1 Å². The van der Waals surface area contributed by atoms with Crippen LogP contribution in [0.2, 0.25) is 0 Å². The predicted octanol–water partition coefficient (Wildman–Crippen LogP) is 1.90. The number of hydrogen-bond donors (Lipinski definition) is 0. The van der Waals surface area contributed by atoms with Gasteiger partial charge in [0.15, 0.2) is 0 Å². The van der Waals surface area contributed by atoms with E-state index in [0.29, 0.717) is 51.2 Å². The molecule has 2 aliphatic rings. The fourth-order valence-electron chi connectivity index (χ4n) is 3.33. The summed E-state index contributed by atoms with van der Waals surface area (Å²) in [7, 11) is -3.21. The summed E-state index contributed by atoms with van der Waals surface area (Å²) in [6, 6.07) is 5.56. The Labute approximate surface area is 149 Å². The highest BCUT2D eigenvalue weighted by Gasteiger charge is 2.27. The van der Waals surface area contributed by atoms with Crippen molar-refractivity contribution in [3.8, 4) is 5.75 Å². The van der Waals surface area contributed by atoms with E-state index < -0.39 is 10.0 Å². The Morgan fingerprint density at radius 3 is 2.84 bits per heavy atom. The second kappa shape index (κ2) is 7.74. The SMILES string of the molecule is CCCCS(=O)(=O)N1CCCN(C(=O)c2ccc3c(c2)CCO3)CC1. The summed E-state index contributed by atoms with van der Waals surface area (Å²) >= 11 is 0. The van der Waals surface area contributed by atoms with Crippen molar-refractivity contribution in [2.45, 2.75) is 32.6 Å². The molecule has 0 saturated carbocycles. The van der Waals surface area contributed by atoms with Crippen LogP contribution >= 0.6 is 0 Å². The molecule has 0 atom stereocenters. The van der Waals surface area contributed by atoms with E-state index in [2.05, 4.69) is 0 Å². The van der Waals surface area contributed by atoms with Crippen LogP contribution in [0.25, 0.3) is 0 Å². The quantitative estimate of drug-likeness (QED) is 0.798. The number of hydrogen-bond acceptors (Lipinski definition) is 4. The molecule has 0 spiro atoms. The fraction of sp³-hybridized carbons (Fsp3) is 0.611. The van der Waals surface area contributed by atoms with Crippen molar-refractivity contribution in [1.82, 2.24) is 9.21 Å². The first-order valence-electron chi connectivity index (χ1n) is 9.04. The molecule has 1 amide bonds. The monoisotopic (exact) mass is 366 g/mol. The van der Waals surface area contributed by atoms with Crippen LogP contribution in [0.5, 0.6) is 5.75 Å². The minimum absolute atomic E-state index is 0.0255. The van der Waals surface area contributed by atoms with Gasteiger partial charge in [-0.3, -0.25) is 4.79 Å². The molecule has 2 aliphatic heterocycles. The van der Waals surface area contributed by atoms with E-state index in [1.54, 1.807) is 15.3 Å². The van der Waals surface area contributed by atoms with Crippen molar-refractivity contribution in [3.05, 3.63) is 29.3 Å². The fourth-order valence-corrected chi connectivity index (χ4v) is 5.01. The Kier molecular flexibility index (Phi) is 5.64. The summed E-state index contributed by atoms with van der Waals surface area (Å²) in [5.74, 6) is 1.03. The maximum Gasteiger partial charge on any atom is 0.253 e. The van der Waals surface area contributed by atoms with Crippen LogP contribution in [0.4, 0.5) is 0 Å². The molecule has 0 N–H and O–H groups in total. The van der Waals surface area contributed by atoms with Crippen molar-refractivity contribution >= 4 is 15.9 Å². The van der Waals surface area contributed by atoms with Crippen LogP contribution in [-0.2, 0) is 16.4 Å². The number of unbranched alkanes of at least 4 members (excludes halogenated alkanes) is 1. The Hall–Kier alpha value is -1.60. The highest BCUT2D eigenvalue weighted by Crippen LogP contribution is 2.26. The lowest BCUT2D eigenvalue weighted by Gasteiger charge is -2.22. The molecule has 0 aromatic heterocycles. The third-order valence-corrected chi connectivity index (χ3v) is 6.78. The van der Waals surface area contributed by atoms with Gasteiger partial charge in [-0.25, -0.2) is 12.7 Å². The van der Waals surface area contributed by atoms with Crippen molar-refractivity contribution in [2.75, 3.05) is 38.5 Å². The van der Waals surface area contributed by atoms with Gasteiger partial charge in [-0.15, -0.1) is 0 Å². The number of sulfonamides is 1. The van der Waals surface area contributed by atoms with Crippen molar-refractivity contribution < 1.29 is 17.9 Å². The van der Waals surface area contributed by atoms with Gasteiger partial charge >= 0.3 is 0 Å². The molecule has 7 heteroatoms. The highest BCUT2D eigenvalue weighted by molar-refractivity contribution is 7.89. The van der Waals surface area contributed by atoms with E-state index in [4.69, 9.17) is 4.74 Å². The smallest absolute Gasteiger partial charge is 0.253 e. The Morgan fingerprint density at radius 2 is 2.04 bits per heavy atom. The zero-order valence-corrected chi connectivity index (χ0v) is 15.6. The molecule has 1 aromatic rings. The topological polar surface area (TPSA) is 66.9 Å². The molecule has 1 aromatic carbocycles. The first kappa shape index (κ1) is 18.2. The molecular formula is C18H26N2O4S. The largest absolute Gasteiger partial charge is 0.493 e. The van der Waals surface area contributed by atoms with Crippen molar-refractivity contribution in [1.29, 1.82) is 0 Å². The molecule has 1 fully saturated rings. The third kappa shape index (κ3) is 4.15. The predicted molar refractivity (Wildman–Crippen MR) is 96.4 cm³/mol. The lowest BCUT2D eigenvalue weighted by Crippen LogP contribution is -2.38. The van der Waals surface area contributed by atoms with Crippen LogP contribution in [0.3, 0.4) is 0 Å². The normalized spacial score (nSPS) is 18.5.